The van der Waals surface area contributed by atoms with E-state index in [1.807, 2.05) is 13.8 Å². The van der Waals surface area contributed by atoms with Gasteiger partial charge in [-0.2, -0.15) is 0 Å². The summed E-state index contributed by atoms with van der Waals surface area (Å²) in [6.45, 7) is 2.38. The summed E-state index contributed by atoms with van der Waals surface area (Å²) >= 11 is 0. The number of rotatable bonds is 7. The Balaban J connectivity index is 2.91. The first-order chi connectivity index (χ1) is 9.27. The number of carboxylic acid groups (broad SMARTS) is 1. The molecular weight excluding hydrogens is 270 g/mol. The van der Waals surface area contributed by atoms with Gasteiger partial charge in [-0.25, -0.2) is 0 Å². The Hall–Kier alpha value is -0.770. The third kappa shape index (κ3) is 3.46. The van der Waals surface area contributed by atoms with E-state index in [0.29, 0.717) is 0 Å². The standard InChI is InChI=1S/C12H23NO7/c1-6(2)3-7(11(18)19)13-12(5-15)10(17)9(16)8(4-14)20-12/h6-10,13-17H,3-5H2,1-2H3,(H,18,19)/t7-,8+,9+,10-,12?/m0/s1. The van der Waals surface area contributed by atoms with Crippen molar-refractivity contribution in [2.24, 2.45) is 5.92 Å². The fraction of sp³-hybridized carbons (Fsp3) is 0.917. The van der Waals surface area contributed by atoms with Crippen molar-refractivity contribution in [3.8, 4) is 0 Å². The summed E-state index contributed by atoms with van der Waals surface area (Å²) in [5.74, 6) is -1.08. The first kappa shape index (κ1) is 17.3. The van der Waals surface area contributed by atoms with Crippen LogP contribution in [0.2, 0.25) is 0 Å². The maximum Gasteiger partial charge on any atom is 0.320 e. The van der Waals surface area contributed by atoms with Crippen molar-refractivity contribution in [2.45, 2.75) is 50.3 Å². The maximum absolute atomic E-state index is 11.2. The average Bonchev–Trinajstić information content (AvgIpc) is 2.62. The third-order valence-electron chi connectivity index (χ3n) is 3.38. The van der Waals surface area contributed by atoms with Crippen molar-refractivity contribution in [1.29, 1.82) is 0 Å². The lowest BCUT2D eigenvalue weighted by Crippen LogP contribution is -2.62. The predicted molar refractivity (Wildman–Crippen MR) is 67.8 cm³/mol. The number of hydrogen-bond acceptors (Lipinski definition) is 7. The lowest BCUT2D eigenvalue weighted by Gasteiger charge is -2.34. The molecule has 0 aromatic heterocycles. The van der Waals surface area contributed by atoms with Crippen LogP contribution in [0.1, 0.15) is 20.3 Å². The molecule has 6 N–H and O–H groups in total. The number of carboxylic acids is 1. The number of aliphatic carboxylic acids is 1. The molecule has 0 radical (unpaired) electrons. The van der Waals surface area contributed by atoms with Gasteiger partial charge in [0.1, 0.15) is 24.4 Å². The van der Waals surface area contributed by atoms with E-state index in [-0.39, 0.29) is 12.3 Å². The molecule has 20 heavy (non-hydrogen) atoms. The van der Waals surface area contributed by atoms with Crippen LogP contribution in [0.3, 0.4) is 0 Å². The van der Waals surface area contributed by atoms with Gasteiger partial charge in [0.25, 0.3) is 0 Å². The molecule has 1 unspecified atom stereocenters. The third-order valence-corrected chi connectivity index (χ3v) is 3.38. The molecule has 0 aliphatic carbocycles. The van der Waals surface area contributed by atoms with Gasteiger partial charge < -0.3 is 30.3 Å². The Morgan fingerprint density at radius 3 is 2.30 bits per heavy atom. The highest BCUT2D eigenvalue weighted by molar-refractivity contribution is 5.73. The molecule has 1 aliphatic heterocycles. The van der Waals surface area contributed by atoms with Crippen LogP contribution in [0.5, 0.6) is 0 Å². The molecule has 1 fully saturated rings. The van der Waals surface area contributed by atoms with Crippen molar-refractivity contribution in [1.82, 2.24) is 5.32 Å². The highest BCUT2D eigenvalue weighted by Crippen LogP contribution is 2.30. The van der Waals surface area contributed by atoms with E-state index in [0.717, 1.165) is 0 Å². The van der Waals surface area contributed by atoms with E-state index in [4.69, 9.17) is 9.84 Å². The monoisotopic (exact) mass is 293 g/mol. The largest absolute Gasteiger partial charge is 0.480 e. The molecule has 8 nitrogen and oxygen atoms in total. The molecule has 0 bridgehead atoms. The summed E-state index contributed by atoms with van der Waals surface area (Å²) in [6.07, 6.45) is -3.78. The zero-order chi connectivity index (χ0) is 15.5. The maximum atomic E-state index is 11.2. The molecule has 1 saturated heterocycles. The summed E-state index contributed by atoms with van der Waals surface area (Å²) in [4.78, 5) is 11.2. The lowest BCUT2D eigenvalue weighted by molar-refractivity contribution is -0.159. The van der Waals surface area contributed by atoms with Gasteiger partial charge in [-0.05, 0) is 12.3 Å². The van der Waals surface area contributed by atoms with Gasteiger partial charge >= 0.3 is 5.97 Å². The van der Waals surface area contributed by atoms with Gasteiger partial charge in [0.05, 0.1) is 13.2 Å². The zero-order valence-corrected chi connectivity index (χ0v) is 11.6. The summed E-state index contributed by atoms with van der Waals surface area (Å²) in [7, 11) is 0. The smallest absolute Gasteiger partial charge is 0.320 e. The Morgan fingerprint density at radius 2 is 1.95 bits per heavy atom. The molecule has 1 heterocycles. The van der Waals surface area contributed by atoms with Crippen molar-refractivity contribution in [3.63, 3.8) is 0 Å². The number of aliphatic hydroxyl groups excluding tert-OH is 4. The minimum absolute atomic E-state index is 0.0662. The van der Waals surface area contributed by atoms with E-state index >= 15 is 0 Å². The number of hydrogen-bond donors (Lipinski definition) is 6. The Labute approximate surface area is 117 Å². The van der Waals surface area contributed by atoms with Crippen molar-refractivity contribution < 1.29 is 35.1 Å². The molecule has 0 amide bonds. The first-order valence-corrected chi connectivity index (χ1v) is 6.53. The molecule has 0 aromatic rings. The Bertz CT molecular complexity index is 338. The van der Waals surface area contributed by atoms with Gasteiger partial charge in [0.2, 0.25) is 0 Å². The van der Waals surface area contributed by atoms with Crippen LogP contribution in [-0.4, -0.2) is 74.8 Å². The minimum Gasteiger partial charge on any atom is -0.480 e. The Kier molecular flexibility index (Phi) is 5.87. The van der Waals surface area contributed by atoms with Crippen LogP contribution in [0.25, 0.3) is 0 Å². The summed E-state index contributed by atoms with van der Waals surface area (Å²) in [5, 5.41) is 49.9. The van der Waals surface area contributed by atoms with Crippen molar-refractivity contribution >= 4 is 5.97 Å². The molecule has 5 atom stereocenters. The van der Waals surface area contributed by atoms with Crippen LogP contribution in [0.15, 0.2) is 0 Å². The molecule has 0 spiro atoms. The molecule has 0 aromatic carbocycles. The second-order valence-electron chi connectivity index (χ2n) is 5.49. The first-order valence-electron chi connectivity index (χ1n) is 6.53. The highest BCUT2D eigenvalue weighted by Gasteiger charge is 2.55. The van der Waals surface area contributed by atoms with E-state index in [2.05, 4.69) is 5.32 Å². The van der Waals surface area contributed by atoms with E-state index in [1.54, 1.807) is 0 Å². The zero-order valence-electron chi connectivity index (χ0n) is 11.6. The summed E-state index contributed by atoms with van der Waals surface area (Å²) in [6, 6.07) is -1.05. The molecule has 1 rings (SSSR count). The second kappa shape index (κ2) is 6.79. The average molecular weight is 293 g/mol. The number of ether oxygens (including phenoxy) is 1. The quantitative estimate of drug-likeness (QED) is 0.313. The number of carbonyl (C=O) groups is 1. The molecule has 118 valence electrons. The van der Waals surface area contributed by atoms with E-state index < -0.39 is 49.3 Å². The van der Waals surface area contributed by atoms with E-state index in [9.17, 15) is 25.2 Å². The van der Waals surface area contributed by atoms with Gasteiger partial charge in [-0.1, -0.05) is 13.8 Å². The topological polar surface area (TPSA) is 139 Å². The lowest BCUT2D eigenvalue weighted by atomic mass is 9.98. The number of aliphatic hydroxyl groups is 4. The van der Waals surface area contributed by atoms with Crippen LogP contribution in [0, 0.1) is 5.92 Å². The normalized spacial score (nSPS) is 35.5. The van der Waals surface area contributed by atoms with Crippen LogP contribution >= 0.6 is 0 Å². The molecule has 8 heteroatoms. The van der Waals surface area contributed by atoms with Crippen LogP contribution < -0.4 is 5.32 Å². The van der Waals surface area contributed by atoms with Gasteiger partial charge in [0, 0.05) is 0 Å². The van der Waals surface area contributed by atoms with Gasteiger partial charge in [-0.15, -0.1) is 0 Å². The van der Waals surface area contributed by atoms with Gasteiger partial charge in [0.15, 0.2) is 5.72 Å². The molecular formula is C12H23NO7. The highest BCUT2D eigenvalue weighted by atomic mass is 16.6. The van der Waals surface area contributed by atoms with Gasteiger partial charge in [-0.3, -0.25) is 10.1 Å². The SMILES string of the molecule is CC(C)C[C@H](NC1(CO)O[C@H](CO)[C@@H](O)[C@@H]1O)C(=O)O. The van der Waals surface area contributed by atoms with Crippen molar-refractivity contribution in [2.75, 3.05) is 13.2 Å². The fourth-order valence-corrected chi connectivity index (χ4v) is 2.32. The fourth-order valence-electron chi connectivity index (χ4n) is 2.32. The summed E-state index contributed by atoms with van der Waals surface area (Å²) < 4.78 is 5.26. The molecule has 1 aliphatic rings. The van der Waals surface area contributed by atoms with E-state index in [1.165, 1.54) is 0 Å². The second-order valence-corrected chi connectivity index (χ2v) is 5.49. The predicted octanol–water partition coefficient (Wildman–Crippen LogP) is -2.12. The number of nitrogens with one attached hydrogen (secondary N) is 1. The summed E-state index contributed by atoms with van der Waals surface area (Å²) in [5.41, 5.74) is -1.80. The molecule has 0 saturated carbocycles. The van der Waals surface area contributed by atoms with Crippen LogP contribution in [-0.2, 0) is 9.53 Å². The minimum atomic E-state index is -1.80. The van der Waals surface area contributed by atoms with Crippen molar-refractivity contribution in [3.05, 3.63) is 0 Å². The van der Waals surface area contributed by atoms with Crippen LogP contribution in [0.4, 0.5) is 0 Å². The Morgan fingerprint density at radius 1 is 1.35 bits per heavy atom.